The fourth-order valence-electron chi connectivity index (χ4n) is 1.69. The van der Waals surface area contributed by atoms with Crippen LogP contribution in [0.15, 0.2) is 52.3 Å². The highest BCUT2D eigenvalue weighted by Crippen LogP contribution is 2.30. The van der Waals surface area contributed by atoms with Crippen molar-refractivity contribution in [2.24, 2.45) is 0 Å². The summed E-state index contributed by atoms with van der Waals surface area (Å²) >= 11 is 4.00. The molecule has 0 aromatic heterocycles. The third-order valence-corrected chi connectivity index (χ3v) is 4.78. The summed E-state index contributed by atoms with van der Waals surface area (Å²) in [4.78, 5) is 13.0. The standard InChI is InChI=1S/C15H13IO2S/c1-2-10-9-13(7-8-14(10)16)19-12-5-3-11(4-6-12)15(17)18/h3-9H,2H2,1H3,(H,17,18). The summed E-state index contributed by atoms with van der Waals surface area (Å²) in [6, 6.07) is 13.4. The van der Waals surface area contributed by atoms with Crippen LogP contribution in [-0.4, -0.2) is 11.1 Å². The molecule has 19 heavy (non-hydrogen) atoms. The van der Waals surface area contributed by atoms with E-state index in [1.807, 2.05) is 12.1 Å². The summed E-state index contributed by atoms with van der Waals surface area (Å²) in [6.45, 7) is 2.15. The Kier molecular flexibility index (Phi) is 4.87. The van der Waals surface area contributed by atoms with Gasteiger partial charge < -0.3 is 5.11 Å². The number of aromatic carboxylic acids is 1. The SMILES string of the molecule is CCc1cc(Sc2ccc(C(=O)O)cc2)ccc1I. The van der Waals surface area contributed by atoms with Crippen LogP contribution >= 0.6 is 34.4 Å². The molecule has 0 saturated carbocycles. The second-order valence-corrected chi connectivity index (χ2v) is 6.35. The second-order valence-electron chi connectivity index (χ2n) is 4.04. The normalized spacial score (nSPS) is 10.4. The Labute approximate surface area is 130 Å². The summed E-state index contributed by atoms with van der Waals surface area (Å²) in [7, 11) is 0. The monoisotopic (exact) mass is 384 g/mol. The van der Waals surface area contributed by atoms with Crippen LogP contribution in [0, 0.1) is 3.57 Å². The van der Waals surface area contributed by atoms with Gasteiger partial charge in [0.15, 0.2) is 0 Å². The molecule has 2 nitrogen and oxygen atoms in total. The van der Waals surface area contributed by atoms with Crippen LogP contribution in [0.1, 0.15) is 22.8 Å². The van der Waals surface area contributed by atoms with E-state index in [0.29, 0.717) is 5.56 Å². The minimum atomic E-state index is -0.890. The van der Waals surface area contributed by atoms with Gasteiger partial charge in [-0.1, -0.05) is 18.7 Å². The molecular weight excluding hydrogens is 371 g/mol. The molecule has 0 unspecified atom stereocenters. The lowest BCUT2D eigenvalue weighted by molar-refractivity contribution is 0.0697. The third kappa shape index (κ3) is 3.73. The number of carboxylic acid groups (broad SMARTS) is 1. The maximum atomic E-state index is 10.8. The lowest BCUT2D eigenvalue weighted by Crippen LogP contribution is -1.94. The summed E-state index contributed by atoms with van der Waals surface area (Å²) < 4.78 is 1.28. The van der Waals surface area contributed by atoms with Gasteiger partial charge in [0.2, 0.25) is 0 Å². The molecule has 2 aromatic rings. The molecule has 2 aromatic carbocycles. The first-order chi connectivity index (χ1) is 9.10. The highest BCUT2D eigenvalue weighted by Gasteiger charge is 2.04. The van der Waals surface area contributed by atoms with Crippen LogP contribution in [0.5, 0.6) is 0 Å². The first kappa shape index (κ1) is 14.4. The molecule has 0 saturated heterocycles. The van der Waals surface area contributed by atoms with Crippen LogP contribution in [0.4, 0.5) is 0 Å². The number of carbonyl (C=O) groups is 1. The second kappa shape index (κ2) is 6.43. The highest BCUT2D eigenvalue weighted by molar-refractivity contribution is 14.1. The average Bonchev–Trinajstić information content (AvgIpc) is 2.41. The van der Waals surface area contributed by atoms with Gasteiger partial charge in [-0.15, -0.1) is 0 Å². The summed E-state index contributed by atoms with van der Waals surface area (Å²) in [5.74, 6) is -0.890. The Morgan fingerprint density at radius 1 is 1.16 bits per heavy atom. The molecule has 0 atom stereocenters. The smallest absolute Gasteiger partial charge is 0.335 e. The summed E-state index contributed by atoms with van der Waals surface area (Å²) in [6.07, 6.45) is 1.02. The quantitative estimate of drug-likeness (QED) is 0.777. The maximum Gasteiger partial charge on any atom is 0.335 e. The summed E-state index contributed by atoms with van der Waals surface area (Å²) in [5, 5.41) is 8.86. The van der Waals surface area contributed by atoms with Gasteiger partial charge in [-0.2, -0.15) is 0 Å². The lowest BCUT2D eigenvalue weighted by atomic mass is 10.2. The first-order valence-corrected chi connectivity index (χ1v) is 7.79. The van der Waals surface area contributed by atoms with Crippen molar-refractivity contribution in [3.05, 3.63) is 57.2 Å². The molecule has 98 valence electrons. The van der Waals surface area contributed by atoms with Crippen molar-refractivity contribution >= 4 is 40.3 Å². The molecule has 0 bridgehead atoms. The van der Waals surface area contributed by atoms with E-state index in [0.717, 1.165) is 11.3 Å². The molecule has 4 heteroatoms. The van der Waals surface area contributed by atoms with E-state index in [-0.39, 0.29) is 0 Å². The maximum absolute atomic E-state index is 10.8. The van der Waals surface area contributed by atoms with Gasteiger partial charge in [-0.05, 0) is 77.0 Å². The van der Waals surface area contributed by atoms with E-state index in [1.165, 1.54) is 14.0 Å². The Hall–Kier alpha value is -1.01. The molecular formula is C15H13IO2S. The number of aryl methyl sites for hydroxylation is 1. The van der Waals surface area contributed by atoms with Gasteiger partial charge in [0, 0.05) is 13.4 Å². The van der Waals surface area contributed by atoms with E-state index in [4.69, 9.17) is 5.11 Å². The molecule has 0 fully saturated rings. The topological polar surface area (TPSA) is 37.3 Å². The Bertz CT molecular complexity index is 594. The Morgan fingerprint density at radius 2 is 1.79 bits per heavy atom. The van der Waals surface area contributed by atoms with E-state index in [2.05, 4.69) is 47.7 Å². The van der Waals surface area contributed by atoms with Crippen molar-refractivity contribution in [1.82, 2.24) is 0 Å². The minimum absolute atomic E-state index is 0.321. The van der Waals surface area contributed by atoms with Crippen LogP contribution in [-0.2, 0) is 6.42 Å². The van der Waals surface area contributed by atoms with E-state index in [1.54, 1.807) is 23.9 Å². The minimum Gasteiger partial charge on any atom is -0.478 e. The predicted octanol–water partition coefficient (Wildman–Crippen LogP) is 4.70. The highest BCUT2D eigenvalue weighted by atomic mass is 127. The van der Waals surface area contributed by atoms with Gasteiger partial charge in [0.1, 0.15) is 0 Å². The zero-order valence-corrected chi connectivity index (χ0v) is 13.4. The largest absolute Gasteiger partial charge is 0.478 e. The first-order valence-electron chi connectivity index (χ1n) is 5.90. The molecule has 2 rings (SSSR count). The molecule has 1 N–H and O–H groups in total. The van der Waals surface area contributed by atoms with Gasteiger partial charge >= 0.3 is 5.97 Å². The van der Waals surface area contributed by atoms with E-state index in [9.17, 15) is 4.79 Å². The fraction of sp³-hybridized carbons (Fsp3) is 0.133. The zero-order valence-electron chi connectivity index (χ0n) is 10.4. The van der Waals surface area contributed by atoms with Crippen LogP contribution in [0.3, 0.4) is 0 Å². The van der Waals surface area contributed by atoms with Crippen molar-refractivity contribution in [2.75, 3.05) is 0 Å². The molecule has 0 heterocycles. The number of carboxylic acids is 1. The van der Waals surface area contributed by atoms with Crippen molar-refractivity contribution < 1.29 is 9.90 Å². The third-order valence-electron chi connectivity index (χ3n) is 2.74. The van der Waals surface area contributed by atoms with Crippen LogP contribution in [0.2, 0.25) is 0 Å². The molecule has 0 aliphatic heterocycles. The molecule has 0 amide bonds. The number of benzene rings is 2. The number of hydrogen-bond acceptors (Lipinski definition) is 2. The number of rotatable bonds is 4. The molecule has 0 radical (unpaired) electrons. The lowest BCUT2D eigenvalue weighted by Gasteiger charge is -2.06. The molecule has 0 aliphatic rings. The van der Waals surface area contributed by atoms with Crippen molar-refractivity contribution in [1.29, 1.82) is 0 Å². The van der Waals surface area contributed by atoms with Crippen molar-refractivity contribution in [3.63, 3.8) is 0 Å². The van der Waals surface area contributed by atoms with Crippen LogP contribution < -0.4 is 0 Å². The van der Waals surface area contributed by atoms with Gasteiger partial charge in [-0.25, -0.2) is 4.79 Å². The Balaban J connectivity index is 2.19. The van der Waals surface area contributed by atoms with Crippen molar-refractivity contribution in [3.8, 4) is 0 Å². The van der Waals surface area contributed by atoms with Crippen molar-refractivity contribution in [2.45, 2.75) is 23.1 Å². The van der Waals surface area contributed by atoms with E-state index < -0.39 is 5.97 Å². The van der Waals surface area contributed by atoms with Crippen LogP contribution in [0.25, 0.3) is 0 Å². The summed E-state index contributed by atoms with van der Waals surface area (Å²) in [5.41, 5.74) is 1.66. The zero-order chi connectivity index (χ0) is 13.8. The predicted molar refractivity (Wildman–Crippen MR) is 86.1 cm³/mol. The average molecular weight is 384 g/mol. The molecule has 0 spiro atoms. The van der Waals surface area contributed by atoms with Gasteiger partial charge in [-0.3, -0.25) is 0 Å². The van der Waals surface area contributed by atoms with Gasteiger partial charge in [0.05, 0.1) is 5.56 Å². The Morgan fingerprint density at radius 3 is 2.37 bits per heavy atom. The van der Waals surface area contributed by atoms with E-state index >= 15 is 0 Å². The molecule has 0 aliphatic carbocycles. The number of halogens is 1. The fourth-order valence-corrected chi connectivity index (χ4v) is 3.29. The number of hydrogen-bond donors (Lipinski definition) is 1. The van der Waals surface area contributed by atoms with Gasteiger partial charge in [0.25, 0.3) is 0 Å².